The number of hydrogen-bond acceptors (Lipinski definition) is 3. The van der Waals surface area contributed by atoms with Gasteiger partial charge in [0.1, 0.15) is 12.4 Å². The van der Waals surface area contributed by atoms with E-state index in [1.165, 1.54) is 0 Å². The number of halogens is 3. The van der Waals surface area contributed by atoms with E-state index >= 15 is 0 Å². The third-order valence-electron chi connectivity index (χ3n) is 1.84. The molecule has 0 saturated heterocycles. The Morgan fingerprint density at radius 2 is 1.88 bits per heavy atom. The molecule has 0 aromatic heterocycles. The molecule has 0 atom stereocenters. The molecule has 0 radical (unpaired) electrons. The number of benzene rings is 1. The molecule has 0 aliphatic rings. The number of alkyl halides is 3. The van der Waals surface area contributed by atoms with Crippen LogP contribution in [0.3, 0.4) is 0 Å². The summed E-state index contributed by atoms with van der Waals surface area (Å²) in [5.74, 6) is -0.273. The highest BCUT2D eigenvalue weighted by Crippen LogP contribution is 2.30. The van der Waals surface area contributed by atoms with Crippen LogP contribution in [0.1, 0.15) is 5.56 Å². The Hall–Kier alpha value is -1.98. The lowest BCUT2D eigenvalue weighted by Gasteiger charge is -2.07. The summed E-state index contributed by atoms with van der Waals surface area (Å²) in [6, 6.07) is 4.10. The second-order valence-corrected chi connectivity index (χ2v) is 3.08. The zero-order chi connectivity index (χ0) is 12.9. The van der Waals surface area contributed by atoms with Crippen LogP contribution < -0.4 is 4.74 Å². The second kappa shape index (κ2) is 5.38. The summed E-state index contributed by atoms with van der Waals surface area (Å²) in [5.41, 5.74) is -0.767. The van der Waals surface area contributed by atoms with Crippen LogP contribution in [0.25, 0.3) is 0 Å². The predicted octanol–water partition coefficient (Wildman–Crippen LogP) is 2.73. The van der Waals surface area contributed by atoms with Crippen LogP contribution in [-0.2, 0) is 11.0 Å². The fourth-order valence-electron chi connectivity index (χ4n) is 1.01. The molecule has 0 spiro atoms. The first kappa shape index (κ1) is 13.1. The second-order valence-electron chi connectivity index (χ2n) is 3.08. The third-order valence-corrected chi connectivity index (χ3v) is 1.84. The highest BCUT2D eigenvalue weighted by Gasteiger charge is 2.29. The first-order chi connectivity index (χ1) is 7.93. The van der Waals surface area contributed by atoms with Crippen molar-refractivity contribution in [1.82, 2.24) is 0 Å². The Morgan fingerprint density at radius 1 is 1.29 bits per heavy atom. The molecule has 1 aromatic carbocycles. The maximum atomic E-state index is 12.2. The molecule has 0 bridgehead atoms. The summed E-state index contributed by atoms with van der Waals surface area (Å²) in [7, 11) is 0. The number of carbonyl (C=O) groups excluding carboxylic acids is 1. The number of aliphatic hydroxyl groups is 1. The van der Waals surface area contributed by atoms with Gasteiger partial charge in [-0.15, -0.1) is 0 Å². The van der Waals surface area contributed by atoms with Crippen LogP contribution in [0.4, 0.5) is 13.2 Å². The van der Waals surface area contributed by atoms with Crippen molar-refractivity contribution in [2.24, 2.45) is 0 Å². The Morgan fingerprint density at radius 3 is 2.35 bits per heavy atom. The molecule has 0 aliphatic heterocycles. The quantitative estimate of drug-likeness (QED) is 0.504. The Bertz CT molecular complexity index is 407. The monoisotopic (exact) mass is 246 g/mol. The van der Waals surface area contributed by atoms with Crippen molar-refractivity contribution in [1.29, 1.82) is 0 Å². The minimum Gasteiger partial charge on any atom is -0.505 e. The van der Waals surface area contributed by atoms with Gasteiger partial charge in [0, 0.05) is 0 Å². The van der Waals surface area contributed by atoms with Crippen molar-refractivity contribution in [3.8, 4) is 5.75 Å². The van der Waals surface area contributed by atoms with Gasteiger partial charge in [0.15, 0.2) is 12.0 Å². The van der Waals surface area contributed by atoms with E-state index < -0.39 is 17.5 Å². The predicted molar refractivity (Wildman–Crippen MR) is 53.7 cm³/mol. The fourth-order valence-corrected chi connectivity index (χ4v) is 1.01. The van der Waals surface area contributed by atoms with Crippen LogP contribution in [0.5, 0.6) is 5.75 Å². The summed E-state index contributed by atoms with van der Waals surface area (Å²) < 4.78 is 41.6. The molecule has 0 saturated carbocycles. The zero-order valence-corrected chi connectivity index (χ0v) is 8.57. The first-order valence-corrected chi connectivity index (χ1v) is 4.58. The minimum atomic E-state index is -4.38. The standard InChI is InChI=1S/C11H9F3O3/c12-11(13,14)8-1-3-10(4-2-8)17-6-5-9(16)7-15/h1-5,7,16H,6H2/b9-5-. The van der Waals surface area contributed by atoms with E-state index in [0.29, 0.717) is 0 Å². The van der Waals surface area contributed by atoms with E-state index in [1.807, 2.05) is 0 Å². The van der Waals surface area contributed by atoms with Crippen LogP contribution in [0.15, 0.2) is 36.1 Å². The molecule has 0 heterocycles. The van der Waals surface area contributed by atoms with E-state index in [2.05, 4.69) is 0 Å². The van der Waals surface area contributed by atoms with Gasteiger partial charge in [0.25, 0.3) is 0 Å². The van der Waals surface area contributed by atoms with Crippen molar-refractivity contribution in [2.75, 3.05) is 6.61 Å². The van der Waals surface area contributed by atoms with Gasteiger partial charge in [-0.05, 0) is 30.3 Å². The number of hydrogen-bond donors (Lipinski definition) is 1. The zero-order valence-electron chi connectivity index (χ0n) is 8.57. The lowest BCUT2D eigenvalue weighted by Crippen LogP contribution is -2.04. The average molecular weight is 246 g/mol. The van der Waals surface area contributed by atoms with Crippen LogP contribution >= 0.6 is 0 Å². The molecule has 0 aliphatic carbocycles. The van der Waals surface area contributed by atoms with Crippen LogP contribution in [-0.4, -0.2) is 18.0 Å². The number of rotatable bonds is 4. The van der Waals surface area contributed by atoms with Gasteiger partial charge in [-0.3, -0.25) is 4.79 Å². The Labute approximate surface area is 95.1 Å². The fraction of sp³-hybridized carbons (Fsp3) is 0.182. The lowest BCUT2D eigenvalue weighted by atomic mass is 10.2. The van der Waals surface area contributed by atoms with E-state index in [4.69, 9.17) is 9.84 Å². The molecule has 1 N–H and O–H groups in total. The molecular formula is C11H9F3O3. The van der Waals surface area contributed by atoms with Gasteiger partial charge >= 0.3 is 6.18 Å². The molecule has 1 aromatic rings. The summed E-state index contributed by atoms with van der Waals surface area (Å²) in [4.78, 5) is 10.0. The largest absolute Gasteiger partial charge is 0.505 e. The Balaban J connectivity index is 2.60. The third kappa shape index (κ3) is 4.18. The molecule has 17 heavy (non-hydrogen) atoms. The molecule has 92 valence electrons. The normalized spacial score (nSPS) is 12.3. The van der Waals surface area contributed by atoms with E-state index in [9.17, 15) is 18.0 Å². The minimum absolute atomic E-state index is 0.101. The number of aliphatic hydroxyl groups excluding tert-OH is 1. The van der Waals surface area contributed by atoms with Gasteiger partial charge in [0.2, 0.25) is 0 Å². The van der Waals surface area contributed by atoms with Crippen molar-refractivity contribution < 1.29 is 27.8 Å². The van der Waals surface area contributed by atoms with Crippen molar-refractivity contribution in [3.05, 3.63) is 41.7 Å². The molecule has 1 rings (SSSR count). The average Bonchev–Trinajstić information content (AvgIpc) is 2.28. The lowest BCUT2D eigenvalue weighted by molar-refractivity contribution is -0.137. The maximum absolute atomic E-state index is 12.2. The highest BCUT2D eigenvalue weighted by molar-refractivity contribution is 5.69. The van der Waals surface area contributed by atoms with Crippen molar-refractivity contribution >= 4 is 6.29 Å². The molecule has 0 unspecified atom stereocenters. The van der Waals surface area contributed by atoms with Gasteiger partial charge in [0.05, 0.1) is 5.56 Å². The Kier molecular flexibility index (Phi) is 4.14. The molecule has 6 heteroatoms. The number of aldehydes is 1. The molecular weight excluding hydrogens is 237 g/mol. The van der Waals surface area contributed by atoms with Gasteiger partial charge < -0.3 is 9.84 Å². The van der Waals surface area contributed by atoms with E-state index in [-0.39, 0.29) is 18.6 Å². The van der Waals surface area contributed by atoms with Crippen molar-refractivity contribution in [3.63, 3.8) is 0 Å². The summed E-state index contributed by atoms with van der Waals surface area (Å²) in [5, 5.41) is 8.75. The maximum Gasteiger partial charge on any atom is 0.416 e. The van der Waals surface area contributed by atoms with Gasteiger partial charge in [-0.1, -0.05) is 0 Å². The topological polar surface area (TPSA) is 46.5 Å². The molecule has 0 fully saturated rings. The van der Waals surface area contributed by atoms with Crippen molar-refractivity contribution in [2.45, 2.75) is 6.18 Å². The SMILES string of the molecule is O=C/C(O)=C/COc1ccc(C(F)(F)F)cc1. The van der Waals surface area contributed by atoms with E-state index in [1.54, 1.807) is 0 Å². The van der Waals surface area contributed by atoms with Gasteiger partial charge in [-0.25, -0.2) is 0 Å². The number of ether oxygens (including phenoxy) is 1. The first-order valence-electron chi connectivity index (χ1n) is 4.58. The van der Waals surface area contributed by atoms with Crippen LogP contribution in [0.2, 0.25) is 0 Å². The highest BCUT2D eigenvalue weighted by atomic mass is 19.4. The summed E-state index contributed by atoms with van der Waals surface area (Å²) >= 11 is 0. The number of allylic oxidation sites excluding steroid dienone is 1. The number of carbonyl (C=O) groups is 1. The van der Waals surface area contributed by atoms with E-state index in [0.717, 1.165) is 30.3 Å². The smallest absolute Gasteiger partial charge is 0.416 e. The van der Waals surface area contributed by atoms with Crippen LogP contribution in [0, 0.1) is 0 Å². The molecule has 0 amide bonds. The summed E-state index contributed by atoms with van der Waals surface area (Å²) in [6.07, 6.45) is -3.05. The molecule has 3 nitrogen and oxygen atoms in total. The van der Waals surface area contributed by atoms with Gasteiger partial charge in [-0.2, -0.15) is 13.2 Å². The summed E-state index contributed by atoms with van der Waals surface area (Å²) in [6.45, 7) is -0.101.